The maximum atomic E-state index is 12.5. The normalized spacial score (nSPS) is 10.6. The first kappa shape index (κ1) is 18.2. The van der Waals surface area contributed by atoms with Gasteiger partial charge < -0.3 is 10.1 Å². The number of amides is 1. The van der Waals surface area contributed by atoms with Gasteiger partial charge >= 0.3 is 0 Å². The molecular formula is C18H17ClN4O2S. The molecule has 0 bridgehead atoms. The second kappa shape index (κ2) is 7.72. The van der Waals surface area contributed by atoms with Gasteiger partial charge in [0.15, 0.2) is 10.6 Å². The highest BCUT2D eigenvalue weighted by molar-refractivity contribution is 7.71. The molecule has 0 aliphatic heterocycles. The Morgan fingerprint density at radius 2 is 2.15 bits per heavy atom. The number of nitrogens with zero attached hydrogens (tertiary/aromatic N) is 2. The van der Waals surface area contributed by atoms with Gasteiger partial charge in [0.2, 0.25) is 5.91 Å². The van der Waals surface area contributed by atoms with Crippen LogP contribution < -0.4 is 10.1 Å². The van der Waals surface area contributed by atoms with E-state index >= 15 is 0 Å². The molecule has 1 amide bonds. The summed E-state index contributed by atoms with van der Waals surface area (Å²) in [5.74, 6) is 0.963. The van der Waals surface area contributed by atoms with E-state index in [-0.39, 0.29) is 12.5 Å². The molecule has 0 spiro atoms. The maximum absolute atomic E-state index is 12.5. The molecule has 0 aliphatic carbocycles. The minimum Gasteiger partial charge on any atom is -0.497 e. The number of halogens is 1. The van der Waals surface area contributed by atoms with Crippen LogP contribution in [0.5, 0.6) is 5.75 Å². The highest BCUT2D eigenvalue weighted by Gasteiger charge is 2.14. The summed E-state index contributed by atoms with van der Waals surface area (Å²) in [6.07, 6.45) is 0. The number of rotatable bonds is 5. The second-order valence-corrected chi connectivity index (χ2v) is 6.50. The molecule has 0 radical (unpaired) electrons. The number of methoxy groups -OCH3 is 1. The fourth-order valence-electron chi connectivity index (χ4n) is 2.53. The number of ether oxygens (including phenoxy) is 1. The van der Waals surface area contributed by atoms with E-state index < -0.39 is 0 Å². The van der Waals surface area contributed by atoms with E-state index in [1.165, 1.54) is 0 Å². The third kappa shape index (κ3) is 3.95. The molecule has 0 atom stereocenters. The Bertz CT molecular complexity index is 1010. The predicted octanol–water partition coefficient (Wildman–Crippen LogP) is 4.22. The molecule has 3 rings (SSSR count). The first-order valence-electron chi connectivity index (χ1n) is 7.83. The van der Waals surface area contributed by atoms with Gasteiger partial charge in [-0.05, 0) is 37.3 Å². The van der Waals surface area contributed by atoms with Crippen molar-refractivity contribution in [1.82, 2.24) is 14.8 Å². The molecule has 6 nitrogen and oxygen atoms in total. The van der Waals surface area contributed by atoms with E-state index in [1.54, 1.807) is 29.9 Å². The number of H-pyrrole nitrogens is 1. The third-order valence-electron chi connectivity index (χ3n) is 3.79. The zero-order valence-electron chi connectivity index (χ0n) is 14.2. The fourth-order valence-corrected chi connectivity index (χ4v) is 2.94. The maximum Gasteiger partial charge on any atom is 0.244 e. The van der Waals surface area contributed by atoms with Crippen molar-refractivity contribution in [2.24, 2.45) is 0 Å². The summed E-state index contributed by atoms with van der Waals surface area (Å²) in [4.78, 5) is 12.5. The van der Waals surface area contributed by atoms with Crippen LogP contribution in [0.1, 0.15) is 5.56 Å². The molecule has 8 heteroatoms. The third-order valence-corrected chi connectivity index (χ3v) is 4.41. The van der Waals surface area contributed by atoms with Crippen molar-refractivity contribution in [3.63, 3.8) is 0 Å². The first-order valence-corrected chi connectivity index (χ1v) is 8.62. The Morgan fingerprint density at radius 3 is 2.85 bits per heavy atom. The van der Waals surface area contributed by atoms with Gasteiger partial charge in [0.05, 0.1) is 17.8 Å². The van der Waals surface area contributed by atoms with Crippen LogP contribution in [0.25, 0.3) is 11.4 Å². The Morgan fingerprint density at radius 1 is 1.35 bits per heavy atom. The van der Waals surface area contributed by atoms with Gasteiger partial charge in [0, 0.05) is 11.6 Å². The van der Waals surface area contributed by atoms with E-state index in [2.05, 4.69) is 15.5 Å². The number of nitrogens with one attached hydrogen (secondary N) is 2. The summed E-state index contributed by atoms with van der Waals surface area (Å²) >= 11 is 11.4. The smallest absolute Gasteiger partial charge is 0.244 e. The minimum atomic E-state index is -0.261. The standard InChI is InChI=1S/C18H17ClN4O2S/c1-11-4-3-5-12(8-11)17-21-22-18(26)23(17)10-16(24)20-15-7-6-13(25-2)9-14(15)19/h3-9H,10H2,1-2H3,(H,20,24)(H,22,26). The molecular weight excluding hydrogens is 372 g/mol. The molecule has 0 aliphatic rings. The lowest BCUT2D eigenvalue weighted by molar-refractivity contribution is -0.116. The van der Waals surface area contributed by atoms with E-state index in [9.17, 15) is 4.79 Å². The number of aromatic amines is 1. The van der Waals surface area contributed by atoms with Crippen molar-refractivity contribution in [1.29, 1.82) is 0 Å². The summed E-state index contributed by atoms with van der Waals surface area (Å²) in [7, 11) is 1.55. The van der Waals surface area contributed by atoms with Crippen LogP contribution in [0.15, 0.2) is 42.5 Å². The van der Waals surface area contributed by atoms with Gasteiger partial charge in [0.25, 0.3) is 0 Å². The molecule has 0 unspecified atom stereocenters. The molecule has 26 heavy (non-hydrogen) atoms. The summed E-state index contributed by atoms with van der Waals surface area (Å²) in [5, 5.41) is 10.2. The summed E-state index contributed by atoms with van der Waals surface area (Å²) in [6.45, 7) is 2.01. The molecule has 1 aromatic heterocycles. The minimum absolute atomic E-state index is 0.0148. The van der Waals surface area contributed by atoms with Crippen LogP contribution in [0.3, 0.4) is 0 Å². The molecule has 3 aromatic rings. The lowest BCUT2D eigenvalue weighted by atomic mass is 10.1. The van der Waals surface area contributed by atoms with Crippen molar-refractivity contribution >= 4 is 35.4 Å². The van der Waals surface area contributed by atoms with Gasteiger partial charge in [0.1, 0.15) is 12.3 Å². The van der Waals surface area contributed by atoms with Crippen molar-refractivity contribution < 1.29 is 9.53 Å². The highest BCUT2D eigenvalue weighted by atomic mass is 35.5. The largest absolute Gasteiger partial charge is 0.497 e. The van der Waals surface area contributed by atoms with E-state index in [0.29, 0.717) is 27.1 Å². The number of carbonyl (C=O) groups excluding carboxylic acids is 1. The molecule has 2 aromatic carbocycles. The zero-order valence-corrected chi connectivity index (χ0v) is 15.8. The highest BCUT2D eigenvalue weighted by Crippen LogP contribution is 2.26. The Labute approximate surface area is 160 Å². The van der Waals surface area contributed by atoms with Crippen LogP contribution in [-0.4, -0.2) is 27.8 Å². The van der Waals surface area contributed by atoms with Crippen LogP contribution in [0.4, 0.5) is 5.69 Å². The predicted molar refractivity (Wildman–Crippen MR) is 104 cm³/mol. The fraction of sp³-hybridized carbons (Fsp3) is 0.167. The van der Waals surface area contributed by atoms with E-state index in [4.69, 9.17) is 28.6 Å². The average molecular weight is 389 g/mol. The SMILES string of the molecule is COc1ccc(NC(=O)Cn2c(-c3cccc(C)c3)n[nH]c2=S)c(Cl)c1. The van der Waals surface area contributed by atoms with Gasteiger partial charge in [-0.25, -0.2) is 0 Å². The quantitative estimate of drug-likeness (QED) is 0.642. The summed E-state index contributed by atoms with van der Waals surface area (Å²) < 4.78 is 7.13. The molecule has 0 saturated heterocycles. The number of hydrogen-bond acceptors (Lipinski definition) is 4. The Hall–Kier alpha value is -2.64. The van der Waals surface area contributed by atoms with Gasteiger partial charge in [-0.15, -0.1) is 0 Å². The Kier molecular flexibility index (Phi) is 5.39. The topological polar surface area (TPSA) is 71.9 Å². The number of anilines is 1. The number of aromatic nitrogens is 3. The van der Waals surface area contributed by atoms with Gasteiger partial charge in [-0.1, -0.05) is 35.4 Å². The monoisotopic (exact) mass is 388 g/mol. The lowest BCUT2D eigenvalue weighted by Crippen LogP contribution is -2.19. The van der Waals surface area contributed by atoms with Crippen LogP contribution in [0, 0.1) is 11.7 Å². The molecule has 0 saturated carbocycles. The second-order valence-electron chi connectivity index (χ2n) is 5.70. The van der Waals surface area contributed by atoms with E-state index in [0.717, 1.165) is 11.1 Å². The van der Waals surface area contributed by atoms with E-state index in [1.807, 2.05) is 31.2 Å². The molecule has 2 N–H and O–H groups in total. The first-order chi connectivity index (χ1) is 12.5. The van der Waals surface area contributed by atoms with Crippen molar-refractivity contribution in [3.8, 4) is 17.1 Å². The van der Waals surface area contributed by atoms with Crippen molar-refractivity contribution in [2.75, 3.05) is 12.4 Å². The van der Waals surface area contributed by atoms with Crippen LogP contribution >= 0.6 is 23.8 Å². The Balaban J connectivity index is 1.82. The average Bonchev–Trinajstić information content (AvgIpc) is 2.97. The van der Waals surface area contributed by atoms with Crippen molar-refractivity contribution in [3.05, 3.63) is 57.8 Å². The molecule has 0 fully saturated rings. The number of carbonyl (C=O) groups is 1. The van der Waals surface area contributed by atoms with Crippen LogP contribution in [-0.2, 0) is 11.3 Å². The lowest BCUT2D eigenvalue weighted by Gasteiger charge is -2.10. The van der Waals surface area contributed by atoms with Gasteiger partial charge in [-0.3, -0.25) is 14.5 Å². The number of benzene rings is 2. The van der Waals surface area contributed by atoms with Crippen LogP contribution in [0.2, 0.25) is 5.02 Å². The number of aryl methyl sites for hydroxylation is 1. The van der Waals surface area contributed by atoms with Crippen molar-refractivity contribution in [2.45, 2.75) is 13.5 Å². The molecule has 134 valence electrons. The number of hydrogen-bond donors (Lipinski definition) is 2. The summed E-state index contributed by atoms with van der Waals surface area (Å²) in [5.41, 5.74) is 2.48. The molecule has 1 heterocycles. The summed E-state index contributed by atoms with van der Waals surface area (Å²) in [6, 6.07) is 12.9. The van der Waals surface area contributed by atoms with Gasteiger partial charge in [-0.2, -0.15) is 5.10 Å². The zero-order chi connectivity index (χ0) is 18.7.